The second kappa shape index (κ2) is 10.1. The van der Waals surface area contributed by atoms with Gasteiger partial charge in [0, 0.05) is 18.1 Å². The van der Waals surface area contributed by atoms with E-state index in [-0.39, 0.29) is 17.7 Å². The summed E-state index contributed by atoms with van der Waals surface area (Å²) in [4.78, 5) is 2.61. The standard InChI is InChI=1S/C32H47NO3Si/c1-21(2)37(22(3)4,23(5)6)36-29-17-13-25(14-18-29)30(34)24(7)33-27-15-16-28(33)20-32(19-27)31(35-32)26-11-9-8-10-12-26/h8-14,17-18,21-24,27-28,30-31,34H,15-16,19-20H2,1-7H3. The smallest absolute Gasteiger partial charge is 0.258 e. The molecule has 0 amide bonds. The van der Waals surface area contributed by atoms with Crippen molar-refractivity contribution >= 4 is 8.32 Å². The molecule has 1 spiro atoms. The van der Waals surface area contributed by atoms with E-state index < -0.39 is 14.4 Å². The third-order valence-corrected chi connectivity index (χ3v) is 15.9. The van der Waals surface area contributed by atoms with Gasteiger partial charge in [-0.15, -0.1) is 0 Å². The minimum absolute atomic E-state index is 0.00692. The highest BCUT2D eigenvalue weighted by Crippen LogP contribution is 2.61. The molecule has 5 unspecified atom stereocenters. The molecule has 0 saturated carbocycles. The highest BCUT2D eigenvalue weighted by Gasteiger charge is 2.64. The molecule has 2 bridgehead atoms. The van der Waals surface area contributed by atoms with Crippen LogP contribution in [0.1, 0.15) is 97.5 Å². The molecule has 5 heteroatoms. The molecule has 4 nitrogen and oxygen atoms in total. The number of hydrogen-bond acceptors (Lipinski definition) is 4. The number of piperidine rings is 1. The number of rotatable bonds is 9. The van der Waals surface area contributed by atoms with Gasteiger partial charge in [0.15, 0.2) is 0 Å². The van der Waals surface area contributed by atoms with Crippen LogP contribution in [0.15, 0.2) is 54.6 Å². The zero-order valence-corrected chi connectivity index (χ0v) is 24.9. The van der Waals surface area contributed by atoms with E-state index in [1.807, 2.05) is 0 Å². The Morgan fingerprint density at radius 1 is 0.838 bits per heavy atom. The van der Waals surface area contributed by atoms with Gasteiger partial charge in [0.1, 0.15) is 17.5 Å². The fourth-order valence-electron chi connectivity index (χ4n) is 8.18. The minimum atomic E-state index is -1.99. The Bertz CT molecular complexity index is 1020. The molecule has 2 aromatic carbocycles. The lowest BCUT2D eigenvalue weighted by Gasteiger charge is -2.43. The predicted octanol–water partition coefficient (Wildman–Crippen LogP) is 7.80. The fraction of sp³-hybridized carbons (Fsp3) is 0.625. The Morgan fingerprint density at radius 2 is 1.38 bits per heavy atom. The van der Waals surface area contributed by atoms with Crippen molar-refractivity contribution in [1.82, 2.24) is 4.90 Å². The molecule has 3 saturated heterocycles. The van der Waals surface area contributed by atoms with Crippen LogP contribution in [0, 0.1) is 0 Å². The molecule has 3 aliphatic rings. The molecule has 2 aromatic rings. The molecule has 5 rings (SSSR count). The number of nitrogens with zero attached hydrogens (tertiary/aromatic N) is 1. The van der Waals surface area contributed by atoms with Gasteiger partial charge in [-0.25, -0.2) is 0 Å². The molecule has 3 heterocycles. The van der Waals surface area contributed by atoms with Crippen LogP contribution in [0.4, 0.5) is 0 Å². The maximum Gasteiger partial charge on any atom is 0.258 e. The Labute approximate surface area is 225 Å². The highest BCUT2D eigenvalue weighted by atomic mass is 28.4. The van der Waals surface area contributed by atoms with Crippen molar-refractivity contribution in [2.45, 2.75) is 127 Å². The lowest BCUT2D eigenvalue weighted by molar-refractivity contribution is -0.00988. The molecule has 0 aliphatic carbocycles. The van der Waals surface area contributed by atoms with E-state index in [1.54, 1.807) is 0 Å². The zero-order valence-electron chi connectivity index (χ0n) is 23.9. The summed E-state index contributed by atoms with van der Waals surface area (Å²) in [6, 6.07) is 20.1. The van der Waals surface area contributed by atoms with Crippen molar-refractivity contribution in [2.24, 2.45) is 0 Å². The van der Waals surface area contributed by atoms with Gasteiger partial charge in [-0.05, 0) is 72.5 Å². The van der Waals surface area contributed by atoms with Gasteiger partial charge in [0.25, 0.3) is 8.32 Å². The van der Waals surface area contributed by atoms with Crippen molar-refractivity contribution < 1.29 is 14.3 Å². The average molecular weight is 522 g/mol. The van der Waals surface area contributed by atoms with Crippen LogP contribution >= 0.6 is 0 Å². The van der Waals surface area contributed by atoms with Gasteiger partial charge >= 0.3 is 0 Å². The zero-order chi connectivity index (χ0) is 26.5. The summed E-state index contributed by atoms with van der Waals surface area (Å²) >= 11 is 0. The Kier molecular flexibility index (Phi) is 7.38. The number of benzene rings is 2. The number of fused-ring (bicyclic) bond motifs is 2. The molecule has 0 radical (unpaired) electrons. The minimum Gasteiger partial charge on any atom is -0.543 e. The molecule has 3 aliphatic heterocycles. The van der Waals surface area contributed by atoms with E-state index in [9.17, 15) is 5.11 Å². The van der Waals surface area contributed by atoms with Crippen LogP contribution in [-0.4, -0.2) is 42.1 Å². The van der Waals surface area contributed by atoms with Crippen LogP contribution in [0.25, 0.3) is 0 Å². The van der Waals surface area contributed by atoms with Gasteiger partial charge in [0.05, 0.1) is 6.10 Å². The maximum atomic E-state index is 11.5. The summed E-state index contributed by atoms with van der Waals surface area (Å²) in [5, 5.41) is 11.5. The quantitative estimate of drug-likeness (QED) is 0.270. The van der Waals surface area contributed by atoms with E-state index in [0.717, 1.165) is 24.2 Å². The number of aliphatic hydroxyl groups is 1. The first kappa shape index (κ1) is 26.9. The molecule has 1 N–H and O–H groups in total. The van der Waals surface area contributed by atoms with Crippen molar-refractivity contribution in [1.29, 1.82) is 0 Å². The normalized spacial score (nSPS) is 29.3. The van der Waals surface area contributed by atoms with E-state index in [0.29, 0.717) is 28.7 Å². The van der Waals surface area contributed by atoms with Crippen LogP contribution in [0.3, 0.4) is 0 Å². The molecular weight excluding hydrogens is 474 g/mol. The summed E-state index contributed by atoms with van der Waals surface area (Å²) < 4.78 is 13.2. The third-order valence-electron chi connectivity index (χ3n) is 9.86. The molecule has 5 atom stereocenters. The predicted molar refractivity (Wildman–Crippen MR) is 153 cm³/mol. The average Bonchev–Trinajstić information content (AvgIpc) is 3.49. The van der Waals surface area contributed by atoms with E-state index in [1.165, 1.54) is 18.4 Å². The molecule has 0 aromatic heterocycles. The van der Waals surface area contributed by atoms with Crippen molar-refractivity contribution in [3.05, 3.63) is 65.7 Å². The number of epoxide rings is 1. The van der Waals surface area contributed by atoms with Crippen molar-refractivity contribution in [3.63, 3.8) is 0 Å². The summed E-state index contributed by atoms with van der Waals surface area (Å²) in [5.74, 6) is 0.948. The van der Waals surface area contributed by atoms with Gasteiger partial charge in [-0.1, -0.05) is 84.0 Å². The third kappa shape index (κ3) is 4.71. The number of ether oxygens (including phenoxy) is 1. The molecule has 202 valence electrons. The largest absolute Gasteiger partial charge is 0.543 e. The lowest BCUT2D eigenvalue weighted by Crippen LogP contribution is -2.52. The first-order valence-corrected chi connectivity index (χ1v) is 16.7. The Balaban J connectivity index is 1.26. The first-order valence-electron chi connectivity index (χ1n) is 14.6. The summed E-state index contributed by atoms with van der Waals surface area (Å²) in [5.41, 5.74) is 3.90. The maximum absolute atomic E-state index is 11.5. The van der Waals surface area contributed by atoms with Crippen LogP contribution < -0.4 is 4.43 Å². The SMILES string of the molecule is CC(C(O)c1ccc(O[Si](C(C)C)(C(C)C)C(C)C)cc1)N1C2CCC1CC1(C2)OC1c1ccccc1. The molecule has 3 fully saturated rings. The summed E-state index contributed by atoms with van der Waals surface area (Å²) in [7, 11) is -1.99. The topological polar surface area (TPSA) is 45.2 Å². The van der Waals surface area contributed by atoms with Crippen molar-refractivity contribution in [3.8, 4) is 5.75 Å². The van der Waals surface area contributed by atoms with E-state index in [4.69, 9.17) is 9.16 Å². The first-order chi connectivity index (χ1) is 17.6. The van der Waals surface area contributed by atoms with Crippen molar-refractivity contribution in [2.75, 3.05) is 0 Å². The van der Waals surface area contributed by atoms with Gasteiger partial charge in [-0.2, -0.15) is 0 Å². The Morgan fingerprint density at radius 3 is 1.89 bits per heavy atom. The van der Waals surface area contributed by atoms with Crippen LogP contribution in [-0.2, 0) is 4.74 Å². The van der Waals surface area contributed by atoms with E-state index >= 15 is 0 Å². The van der Waals surface area contributed by atoms with Gasteiger partial charge < -0.3 is 14.3 Å². The fourth-order valence-corrected chi connectivity index (χ4v) is 13.4. The van der Waals surface area contributed by atoms with Gasteiger partial charge in [-0.3, -0.25) is 4.90 Å². The lowest BCUT2D eigenvalue weighted by atomic mass is 9.84. The summed E-state index contributed by atoms with van der Waals surface area (Å²) in [6.07, 6.45) is 4.27. The van der Waals surface area contributed by atoms with Crippen LogP contribution in [0.2, 0.25) is 16.6 Å². The van der Waals surface area contributed by atoms with E-state index in [2.05, 4.69) is 108 Å². The highest BCUT2D eigenvalue weighted by molar-refractivity contribution is 6.78. The second-order valence-corrected chi connectivity index (χ2v) is 18.3. The van der Waals surface area contributed by atoms with Crippen LogP contribution in [0.5, 0.6) is 5.75 Å². The molecular formula is C32H47NO3Si. The Hall–Kier alpha value is -1.66. The number of hydrogen-bond donors (Lipinski definition) is 1. The second-order valence-electron chi connectivity index (χ2n) is 12.9. The molecule has 37 heavy (non-hydrogen) atoms. The summed E-state index contributed by atoms with van der Waals surface area (Å²) in [6.45, 7) is 16.1. The number of aliphatic hydroxyl groups excluding tert-OH is 1. The monoisotopic (exact) mass is 521 g/mol. The van der Waals surface area contributed by atoms with Gasteiger partial charge in [0.2, 0.25) is 0 Å².